The van der Waals surface area contributed by atoms with Gasteiger partial charge in [-0.05, 0) is 36.9 Å². The molecule has 22 heavy (non-hydrogen) atoms. The third-order valence-corrected chi connectivity index (χ3v) is 5.55. The molecule has 2 heterocycles. The van der Waals surface area contributed by atoms with Crippen LogP contribution in [0.15, 0.2) is 41.8 Å². The van der Waals surface area contributed by atoms with Gasteiger partial charge in [0.15, 0.2) is 0 Å². The molecule has 2 unspecified atom stereocenters. The van der Waals surface area contributed by atoms with Gasteiger partial charge >= 0.3 is 5.97 Å². The first-order chi connectivity index (χ1) is 10.5. The fourth-order valence-electron chi connectivity index (χ4n) is 3.45. The van der Waals surface area contributed by atoms with Gasteiger partial charge in [0.2, 0.25) is 0 Å². The van der Waals surface area contributed by atoms with E-state index in [1.54, 1.807) is 29.2 Å². The molecule has 0 bridgehead atoms. The van der Waals surface area contributed by atoms with Crippen molar-refractivity contribution < 1.29 is 14.7 Å². The lowest BCUT2D eigenvalue weighted by Crippen LogP contribution is -2.56. The summed E-state index contributed by atoms with van der Waals surface area (Å²) in [5.74, 6) is -1.79. The van der Waals surface area contributed by atoms with Crippen LogP contribution in [0.4, 0.5) is 0 Å². The van der Waals surface area contributed by atoms with E-state index < -0.39 is 17.4 Å². The second-order valence-corrected chi connectivity index (χ2v) is 6.48. The van der Waals surface area contributed by atoms with Gasteiger partial charge in [0.1, 0.15) is 5.92 Å². The second-order valence-electron chi connectivity index (χ2n) is 5.53. The number of fused-ring (bicyclic) bond motifs is 1. The first kappa shape index (κ1) is 14.8. The highest BCUT2D eigenvalue weighted by Gasteiger charge is 2.52. The molecule has 1 aliphatic rings. The van der Waals surface area contributed by atoms with Crippen LogP contribution in [-0.2, 0) is 10.3 Å². The third-order valence-electron chi connectivity index (χ3n) is 4.45. The predicted molar refractivity (Wildman–Crippen MR) is 85.2 cm³/mol. The molecule has 1 amide bonds. The Hall–Kier alpha value is -2.14. The summed E-state index contributed by atoms with van der Waals surface area (Å²) in [5.41, 5.74) is 0.214. The molecular formula is C17H17NO3S. The molecule has 0 radical (unpaired) electrons. The predicted octanol–water partition coefficient (Wildman–Crippen LogP) is 3.31. The van der Waals surface area contributed by atoms with E-state index in [9.17, 15) is 14.7 Å². The molecule has 1 N–H and O–H groups in total. The maximum Gasteiger partial charge on any atom is 0.313 e. The van der Waals surface area contributed by atoms with Crippen molar-refractivity contribution in [3.8, 4) is 0 Å². The van der Waals surface area contributed by atoms with Gasteiger partial charge in [0, 0.05) is 17.0 Å². The number of rotatable bonds is 3. The van der Waals surface area contributed by atoms with Crippen LogP contribution in [0.5, 0.6) is 0 Å². The van der Waals surface area contributed by atoms with Crippen molar-refractivity contribution >= 4 is 23.2 Å². The molecule has 114 valence electrons. The molecule has 0 aliphatic carbocycles. The summed E-state index contributed by atoms with van der Waals surface area (Å²) in [6, 6.07) is 10.8. The van der Waals surface area contributed by atoms with E-state index in [4.69, 9.17) is 0 Å². The van der Waals surface area contributed by atoms with Crippen molar-refractivity contribution in [2.24, 2.45) is 0 Å². The molecule has 4 nitrogen and oxygen atoms in total. The van der Waals surface area contributed by atoms with Gasteiger partial charge in [-0.3, -0.25) is 9.59 Å². The van der Waals surface area contributed by atoms with Crippen LogP contribution in [0.2, 0.25) is 0 Å². The van der Waals surface area contributed by atoms with Crippen molar-refractivity contribution in [3.63, 3.8) is 0 Å². The quantitative estimate of drug-likeness (QED) is 0.945. The lowest BCUT2D eigenvalue weighted by Gasteiger charge is -2.48. The fourth-order valence-corrected chi connectivity index (χ4v) is 4.37. The van der Waals surface area contributed by atoms with E-state index in [1.807, 2.05) is 31.4 Å². The number of carbonyl (C=O) groups is 2. The third kappa shape index (κ3) is 1.89. The SMILES string of the molecule is CCN1C(=O)c2ccccc2C(C(=O)O)C1(C)c1cccs1. The van der Waals surface area contributed by atoms with Gasteiger partial charge in [0.05, 0.1) is 5.54 Å². The minimum Gasteiger partial charge on any atom is -0.481 e. The van der Waals surface area contributed by atoms with Gasteiger partial charge < -0.3 is 10.0 Å². The average Bonchev–Trinajstić information content (AvgIpc) is 3.02. The number of carboxylic acid groups (broad SMARTS) is 1. The largest absolute Gasteiger partial charge is 0.481 e. The molecule has 0 saturated carbocycles. The summed E-state index contributed by atoms with van der Waals surface area (Å²) in [5, 5.41) is 11.8. The molecule has 2 aromatic rings. The summed E-state index contributed by atoms with van der Waals surface area (Å²) < 4.78 is 0. The minimum atomic E-state index is -0.908. The van der Waals surface area contributed by atoms with E-state index in [0.717, 1.165) is 4.88 Å². The average molecular weight is 315 g/mol. The van der Waals surface area contributed by atoms with E-state index >= 15 is 0 Å². The molecule has 2 atom stereocenters. The Kier molecular flexibility index (Phi) is 3.53. The van der Waals surface area contributed by atoms with E-state index in [1.165, 1.54) is 11.3 Å². The first-order valence-corrected chi connectivity index (χ1v) is 8.07. The van der Waals surface area contributed by atoms with Crippen molar-refractivity contribution in [2.75, 3.05) is 6.54 Å². The number of aliphatic carboxylic acids is 1. The first-order valence-electron chi connectivity index (χ1n) is 7.19. The molecular weight excluding hydrogens is 298 g/mol. The number of benzene rings is 1. The van der Waals surface area contributed by atoms with Crippen LogP contribution in [0, 0.1) is 0 Å². The zero-order valence-corrected chi connectivity index (χ0v) is 13.3. The van der Waals surface area contributed by atoms with Crippen LogP contribution < -0.4 is 0 Å². The van der Waals surface area contributed by atoms with Crippen molar-refractivity contribution in [1.82, 2.24) is 4.90 Å². The van der Waals surface area contributed by atoms with Crippen LogP contribution >= 0.6 is 11.3 Å². The van der Waals surface area contributed by atoms with Crippen molar-refractivity contribution in [1.29, 1.82) is 0 Å². The Morgan fingerprint density at radius 1 is 1.32 bits per heavy atom. The van der Waals surface area contributed by atoms with Crippen molar-refractivity contribution in [2.45, 2.75) is 25.3 Å². The highest BCUT2D eigenvalue weighted by Crippen LogP contribution is 2.48. The number of carboxylic acids is 1. The number of amides is 1. The molecule has 1 aliphatic heterocycles. The summed E-state index contributed by atoms with van der Waals surface area (Å²) in [4.78, 5) is 27.5. The van der Waals surface area contributed by atoms with E-state index in [2.05, 4.69) is 0 Å². The lowest BCUT2D eigenvalue weighted by molar-refractivity contribution is -0.142. The minimum absolute atomic E-state index is 0.105. The Labute approximate surface area is 133 Å². The van der Waals surface area contributed by atoms with E-state index in [-0.39, 0.29) is 5.91 Å². The van der Waals surface area contributed by atoms with Gasteiger partial charge in [-0.2, -0.15) is 0 Å². The Morgan fingerprint density at radius 3 is 2.64 bits per heavy atom. The highest BCUT2D eigenvalue weighted by molar-refractivity contribution is 7.10. The molecule has 1 aromatic carbocycles. The van der Waals surface area contributed by atoms with Gasteiger partial charge in [-0.15, -0.1) is 11.3 Å². The summed E-state index contributed by atoms with van der Waals surface area (Å²) in [6.45, 7) is 4.21. The Morgan fingerprint density at radius 2 is 2.05 bits per heavy atom. The molecule has 1 aromatic heterocycles. The van der Waals surface area contributed by atoms with Crippen LogP contribution in [0.1, 0.15) is 40.6 Å². The highest BCUT2D eigenvalue weighted by atomic mass is 32.1. The summed E-state index contributed by atoms with van der Waals surface area (Å²) in [7, 11) is 0. The maximum absolute atomic E-state index is 12.9. The Bertz CT molecular complexity index is 725. The number of carbonyl (C=O) groups excluding carboxylic acids is 1. The smallest absolute Gasteiger partial charge is 0.313 e. The molecule has 0 spiro atoms. The zero-order chi connectivity index (χ0) is 15.9. The monoisotopic (exact) mass is 315 g/mol. The molecule has 0 saturated heterocycles. The van der Waals surface area contributed by atoms with Gasteiger partial charge in [-0.25, -0.2) is 0 Å². The zero-order valence-electron chi connectivity index (χ0n) is 12.4. The molecule has 5 heteroatoms. The van der Waals surface area contributed by atoms with Gasteiger partial charge in [0.25, 0.3) is 5.91 Å². The topological polar surface area (TPSA) is 57.6 Å². The Balaban J connectivity index is 2.31. The normalized spacial score (nSPS) is 24.2. The molecule has 0 fully saturated rings. The second kappa shape index (κ2) is 5.25. The van der Waals surface area contributed by atoms with Crippen LogP contribution in [-0.4, -0.2) is 28.4 Å². The standard InChI is InChI=1S/C17H17NO3S/c1-3-18-15(19)12-8-5-4-7-11(12)14(16(20)21)17(18,2)13-9-6-10-22-13/h4-10,14H,3H2,1-2H3,(H,20,21). The number of nitrogens with zero attached hydrogens (tertiary/aromatic N) is 1. The van der Waals surface area contributed by atoms with Crippen LogP contribution in [0.25, 0.3) is 0 Å². The fraction of sp³-hybridized carbons (Fsp3) is 0.294. The van der Waals surface area contributed by atoms with Gasteiger partial charge in [-0.1, -0.05) is 24.3 Å². The van der Waals surface area contributed by atoms with Crippen LogP contribution in [0.3, 0.4) is 0 Å². The number of likely N-dealkylation sites (N-methyl/N-ethyl adjacent to an activating group) is 1. The number of hydrogen-bond acceptors (Lipinski definition) is 3. The summed E-state index contributed by atoms with van der Waals surface area (Å²) >= 11 is 1.49. The maximum atomic E-state index is 12.9. The molecule has 3 rings (SSSR count). The summed E-state index contributed by atoms with van der Waals surface area (Å²) in [6.07, 6.45) is 0. The van der Waals surface area contributed by atoms with Crippen molar-refractivity contribution in [3.05, 3.63) is 57.8 Å². The number of thiophene rings is 1. The lowest BCUT2D eigenvalue weighted by atomic mass is 9.73. The number of hydrogen-bond donors (Lipinski definition) is 1. The van der Waals surface area contributed by atoms with E-state index in [0.29, 0.717) is 17.7 Å².